The molecule has 1 heterocycles. The van der Waals surface area contributed by atoms with Gasteiger partial charge in [0, 0.05) is 18.9 Å². The lowest BCUT2D eigenvalue weighted by Gasteiger charge is -2.19. The van der Waals surface area contributed by atoms with Gasteiger partial charge in [0.1, 0.15) is 5.69 Å². The maximum absolute atomic E-state index is 13.0. The van der Waals surface area contributed by atoms with Crippen LogP contribution >= 0.6 is 0 Å². The molecule has 0 saturated carbocycles. The molecular weight excluding hydrogens is 288 g/mol. The van der Waals surface area contributed by atoms with Gasteiger partial charge in [-0.2, -0.15) is 5.10 Å². The molecule has 0 fully saturated rings. The minimum atomic E-state index is -2.77. The van der Waals surface area contributed by atoms with Crippen LogP contribution in [0.15, 0.2) is 24.4 Å². The highest BCUT2D eigenvalue weighted by Gasteiger charge is 2.23. The second-order valence-electron chi connectivity index (χ2n) is 5.51. The number of aromatic nitrogens is 2. The van der Waals surface area contributed by atoms with Gasteiger partial charge >= 0.3 is 0 Å². The first-order chi connectivity index (χ1) is 10.6. The Bertz CT molecular complexity index is 709. The lowest BCUT2D eigenvalue weighted by atomic mass is 9.90. The van der Waals surface area contributed by atoms with Crippen molar-refractivity contribution in [2.24, 2.45) is 7.05 Å². The Morgan fingerprint density at radius 2 is 2.09 bits per heavy atom. The van der Waals surface area contributed by atoms with Crippen LogP contribution in [-0.4, -0.2) is 15.7 Å². The van der Waals surface area contributed by atoms with E-state index in [1.54, 1.807) is 0 Å². The SMILES string of the molecule is Cn1cc(C(=O)Nc2cccc3c2CCCC3)c(C(F)F)n1. The van der Waals surface area contributed by atoms with E-state index in [-0.39, 0.29) is 5.56 Å². The molecule has 1 aliphatic rings. The molecule has 0 bridgehead atoms. The third kappa shape index (κ3) is 2.73. The first kappa shape index (κ1) is 14.7. The van der Waals surface area contributed by atoms with Gasteiger partial charge in [-0.15, -0.1) is 0 Å². The highest BCUT2D eigenvalue weighted by atomic mass is 19.3. The molecule has 2 aromatic rings. The fourth-order valence-corrected chi connectivity index (χ4v) is 2.93. The van der Waals surface area contributed by atoms with E-state index < -0.39 is 18.0 Å². The number of hydrogen-bond acceptors (Lipinski definition) is 2. The minimum Gasteiger partial charge on any atom is -0.322 e. The molecule has 0 atom stereocenters. The number of amides is 1. The highest BCUT2D eigenvalue weighted by molar-refractivity contribution is 6.05. The molecule has 0 saturated heterocycles. The van der Waals surface area contributed by atoms with Crippen LogP contribution in [0.3, 0.4) is 0 Å². The molecule has 1 aromatic carbocycles. The van der Waals surface area contributed by atoms with Gasteiger partial charge < -0.3 is 5.32 Å². The van der Waals surface area contributed by atoms with Crippen molar-refractivity contribution in [2.45, 2.75) is 32.1 Å². The molecule has 1 aliphatic carbocycles. The van der Waals surface area contributed by atoms with Crippen LogP contribution in [0.5, 0.6) is 0 Å². The van der Waals surface area contributed by atoms with Crippen molar-refractivity contribution in [2.75, 3.05) is 5.32 Å². The maximum Gasteiger partial charge on any atom is 0.282 e. The Morgan fingerprint density at radius 1 is 1.32 bits per heavy atom. The standard InChI is InChI=1S/C16H17F2N3O/c1-21-9-12(14(20-21)15(17)18)16(22)19-13-8-4-6-10-5-2-3-7-11(10)13/h4,6,8-9,15H,2-3,5,7H2,1H3,(H,19,22). The fourth-order valence-electron chi connectivity index (χ4n) is 2.93. The number of fused-ring (bicyclic) bond motifs is 1. The fraction of sp³-hybridized carbons (Fsp3) is 0.375. The summed E-state index contributed by atoms with van der Waals surface area (Å²) in [5.74, 6) is -0.539. The average molecular weight is 305 g/mol. The average Bonchev–Trinajstić information content (AvgIpc) is 2.90. The van der Waals surface area contributed by atoms with Gasteiger partial charge in [0.2, 0.25) is 0 Å². The van der Waals surface area contributed by atoms with Crippen LogP contribution in [0.2, 0.25) is 0 Å². The molecular formula is C16H17F2N3O. The molecule has 1 amide bonds. The van der Waals surface area contributed by atoms with E-state index in [2.05, 4.69) is 16.5 Å². The van der Waals surface area contributed by atoms with Crippen molar-refractivity contribution in [3.05, 3.63) is 46.8 Å². The molecule has 6 heteroatoms. The highest BCUT2D eigenvalue weighted by Crippen LogP contribution is 2.29. The minimum absolute atomic E-state index is 0.0779. The molecule has 0 unspecified atom stereocenters. The Balaban J connectivity index is 1.89. The summed E-state index contributed by atoms with van der Waals surface area (Å²) in [5, 5.41) is 6.44. The van der Waals surface area contributed by atoms with E-state index in [9.17, 15) is 13.6 Å². The van der Waals surface area contributed by atoms with Gasteiger partial charge in [0.25, 0.3) is 12.3 Å². The molecule has 22 heavy (non-hydrogen) atoms. The van der Waals surface area contributed by atoms with Crippen LogP contribution in [0.1, 0.15) is 46.4 Å². The molecule has 0 radical (unpaired) electrons. The van der Waals surface area contributed by atoms with Crippen LogP contribution in [-0.2, 0) is 19.9 Å². The first-order valence-corrected chi connectivity index (χ1v) is 7.30. The zero-order valence-electron chi connectivity index (χ0n) is 12.3. The quantitative estimate of drug-likeness (QED) is 0.943. The Labute approximate surface area is 127 Å². The number of hydrogen-bond donors (Lipinski definition) is 1. The largest absolute Gasteiger partial charge is 0.322 e. The number of nitrogens with one attached hydrogen (secondary N) is 1. The van der Waals surface area contributed by atoms with Crippen molar-refractivity contribution in [1.82, 2.24) is 9.78 Å². The Kier molecular flexibility index (Phi) is 3.92. The van der Waals surface area contributed by atoms with Crippen molar-refractivity contribution in [1.29, 1.82) is 0 Å². The maximum atomic E-state index is 13.0. The van der Waals surface area contributed by atoms with Gasteiger partial charge in [-0.1, -0.05) is 12.1 Å². The third-order valence-corrected chi connectivity index (χ3v) is 3.95. The van der Waals surface area contributed by atoms with Crippen LogP contribution < -0.4 is 5.32 Å². The van der Waals surface area contributed by atoms with E-state index in [0.717, 1.165) is 31.2 Å². The van der Waals surface area contributed by atoms with E-state index in [0.29, 0.717) is 5.69 Å². The van der Waals surface area contributed by atoms with Crippen molar-refractivity contribution in [3.63, 3.8) is 0 Å². The number of rotatable bonds is 3. The van der Waals surface area contributed by atoms with Gasteiger partial charge in [-0.3, -0.25) is 9.48 Å². The summed E-state index contributed by atoms with van der Waals surface area (Å²) in [6.07, 6.45) is 2.67. The molecule has 1 aromatic heterocycles. The summed E-state index contributed by atoms with van der Waals surface area (Å²) in [5.41, 5.74) is 2.50. The summed E-state index contributed by atoms with van der Waals surface area (Å²) in [7, 11) is 1.52. The normalized spacial score (nSPS) is 14.0. The first-order valence-electron chi connectivity index (χ1n) is 7.30. The number of anilines is 1. The van der Waals surface area contributed by atoms with E-state index in [1.807, 2.05) is 12.1 Å². The summed E-state index contributed by atoms with van der Waals surface area (Å²) >= 11 is 0. The topological polar surface area (TPSA) is 46.9 Å². The number of alkyl halides is 2. The molecule has 4 nitrogen and oxygen atoms in total. The lowest BCUT2D eigenvalue weighted by Crippen LogP contribution is -2.16. The predicted octanol–water partition coefficient (Wildman–Crippen LogP) is 3.49. The Morgan fingerprint density at radius 3 is 2.86 bits per heavy atom. The van der Waals surface area contributed by atoms with Crippen molar-refractivity contribution in [3.8, 4) is 0 Å². The number of benzene rings is 1. The van der Waals surface area contributed by atoms with Crippen LogP contribution in [0, 0.1) is 0 Å². The summed E-state index contributed by atoms with van der Waals surface area (Å²) in [6, 6.07) is 5.76. The number of halogens is 2. The second-order valence-corrected chi connectivity index (χ2v) is 5.51. The van der Waals surface area contributed by atoms with E-state index >= 15 is 0 Å². The summed E-state index contributed by atoms with van der Waals surface area (Å²) in [4.78, 5) is 12.3. The van der Waals surface area contributed by atoms with Crippen LogP contribution in [0.4, 0.5) is 14.5 Å². The van der Waals surface area contributed by atoms with E-state index in [4.69, 9.17) is 0 Å². The monoisotopic (exact) mass is 305 g/mol. The number of carbonyl (C=O) groups excluding carboxylic acids is 1. The zero-order valence-corrected chi connectivity index (χ0v) is 12.3. The molecule has 116 valence electrons. The summed E-state index contributed by atoms with van der Waals surface area (Å²) < 4.78 is 27.1. The molecule has 1 N–H and O–H groups in total. The predicted molar refractivity (Wildman–Crippen MR) is 79.2 cm³/mol. The Hall–Kier alpha value is -2.24. The molecule has 0 aliphatic heterocycles. The van der Waals surface area contributed by atoms with Crippen molar-refractivity contribution < 1.29 is 13.6 Å². The smallest absolute Gasteiger partial charge is 0.282 e. The van der Waals surface area contributed by atoms with Crippen LogP contribution in [0.25, 0.3) is 0 Å². The number of nitrogens with zero attached hydrogens (tertiary/aromatic N) is 2. The van der Waals surface area contributed by atoms with E-state index in [1.165, 1.54) is 23.5 Å². The molecule has 0 spiro atoms. The van der Waals surface area contributed by atoms with Gasteiger partial charge in [0.05, 0.1) is 5.56 Å². The number of carbonyl (C=O) groups is 1. The van der Waals surface area contributed by atoms with Gasteiger partial charge in [0.15, 0.2) is 0 Å². The second kappa shape index (κ2) is 5.87. The zero-order chi connectivity index (χ0) is 15.7. The van der Waals surface area contributed by atoms with Gasteiger partial charge in [-0.05, 0) is 42.9 Å². The van der Waals surface area contributed by atoms with Gasteiger partial charge in [-0.25, -0.2) is 8.78 Å². The molecule has 3 rings (SSSR count). The lowest BCUT2D eigenvalue weighted by molar-refractivity contribution is 0.101. The summed E-state index contributed by atoms with van der Waals surface area (Å²) in [6.45, 7) is 0. The number of aryl methyl sites for hydroxylation is 2. The third-order valence-electron chi connectivity index (χ3n) is 3.95. The van der Waals surface area contributed by atoms with Crippen molar-refractivity contribution >= 4 is 11.6 Å².